The summed E-state index contributed by atoms with van der Waals surface area (Å²) >= 11 is 1.27. The van der Waals surface area contributed by atoms with Crippen molar-refractivity contribution in [1.82, 2.24) is 9.71 Å². The maximum absolute atomic E-state index is 12.1. The van der Waals surface area contributed by atoms with Crippen LogP contribution in [0.2, 0.25) is 0 Å². The fourth-order valence-corrected chi connectivity index (χ4v) is 3.67. The highest BCUT2D eigenvalue weighted by atomic mass is 32.2. The molecule has 0 aliphatic heterocycles. The Kier molecular flexibility index (Phi) is 6.04. The van der Waals surface area contributed by atoms with Gasteiger partial charge in [0.2, 0.25) is 15.9 Å². The normalized spacial score (nSPS) is 11.4. The molecular formula is C18H18N2O5S2. The minimum atomic E-state index is -3.22. The first kappa shape index (κ1) is 19.3. The molecule has 0 atom stereocenters. The second kappa shape index (κ2) is 8.47. The van der Waals surface area contributed by atoms with Crippen molar-refractivity contribution < 1.29 is 22.4 Å². The van der Waals surface area contributed by atoms with E-state index in [1.807, 2.05) is 30.3 Å². The van der Waals surface area contributed by atoms with Gasteiger partial charge in [-0.3, -0.25) is 0 Å². The summed E-state index contributed by atoms with van der Waals surface area (Å²) in [5.74, 6) is 0.455. The van der Waals surface area contributed by atoms with Crippen molar-refractivity contribution in [3.05, 3.63) is 64.3 Å². The summed E-state index contributed by atoms with van der Waals surface area (Å²) in [4.78, 5) is 17.6. The van der Waals surface area contributed by atoms with Crippen molar-refractivity contribution in [2.45, 2.75) is 13.0 Å². The number of thiophene rings is 1. The van der Waals surface area contributed by atoms with Gasteiger partial charge in [0.15, 0.2) is 12.4 Å². The van der Waals surface area contributed by atoms with Crippen LogP contribution >= 0.6 is 11.3 Å². The van der Waals surface area contributed by atoms with Crippen LogP contribution in [0, 0.1) is 0 Å². The zero-order valence-electron chi connectivity index (χ0n) is 14.5. The van der Waals surface area contributed by atoms with Gasteiger partial charge < -0.3 is 9.15 Å². The minimum Gasteiger partial charge on any atom is -0.451 e. The van der Waals surface area contributed by atoms with Crippen molar-refractivity contribution in [3.8, 4) is 11.3 Å². The maximum Gasteiger partial charge on any atom is 0.348 e. The lowest BCUT2D eigenvalue weighted by Crippen LogP contribution is -2.23. The summed E-state index contributed by atoms with van der Waals surface area (Å²) in [5, 5.41) is 0. The number of nitrogens with one attached hydrogen (secondary N) is 1. The van der Waals surface area contributed by atoms with Crippen LogP contribution in [0.4, 0.5) is 0 Å². The minimum absolute atomic E-state index is 0.0610. The lowest BCUT2D eigenvalue weighted by Gasteiger charge is -2.01. The average Bonchev–Trinajstić information content (AvgIpc) is 3.29. The number of hydrogen-bond acceptors (Lipinski definition) is 7. The molecule has 9 heteroatoms. The van der Waals surface area contributed by atoms with E-state index in [4.69, 9.17) is 9.15 Å². The Morgan fingerprint density at radius 2 is 2.00 bits per heavy atom. The van der Waals surface area contributed by atoms with E-state index in [1.54, 1.807) is 18.3 Å². The summed E-state index contributed by atoms with van der Waals surface area (Å²) < 4.78 is 35.3. The van der Waals surface area contributed by atoms with Gasteiger partial charge in [-0.05, 0) is 18.6 Å². The van der Waals surface area contributed by atoms with Crippen LogP contribution in [0.15, 0.2) is 53.1 Å². The first-order chi connectivity index (χ1) is 12.9. The van der Waals surface area contributed by atoms with Gasteiger partial charge in [0, 0.05) is 17.0 Å². The number of benzene rings is 1. The van der Waals surface area contributed by atoms with Gasteiger partial charge in [-0.2, -0.15) is 0 Å². The molecule has 0 spiro atoms. The average molecular weight is 406 g/mol. The van der Waals surface area contributed by atoms with Gasteiger partial charge in [0.25, 0.3) is 0 Å². The van der Waals surface area contributed by atoms with Crippen LogP contribution in [-0.4, -0.2) is 32.2 Å². The topological polar surface area (TPSA) is 98.5 Å². The van der Waals surface area contributed by atoms with Crippen LogP contribution in [0.25, 0.3) is 11.3 Å². The predicted molar refractivity (Wildman–Crippen MR) is 102 cm³/mol. The van der Waals surface area contributed by atoms with Crippen LogP contribution in [0.1, 0.15) is 20.4 Å². The van der Waals surface area contributed by atoms with E-state index in [-0.39, 0.29) is 13.2 Å². The molecule has 3 rings (SSSR count). The number of nitrogens with zero attached hydrogens (tertiary/aromatic N) is 1. The zero-order chi connectivity index (χ0) is 19.3. The molecule has 0 bridgehead atoms. The van der Waals surface area contributed by atoms with Gasteiger partial charge in [0.1, 0.15) is 4.88 Å². The molecule has 0 amide bonds. The predicted octanol–water partition coefficient (Wildman–Crippen LogP) is 2.85. The van der Waals surface area contributed by atoms with E-state index >= 15 is 0 Å². The number of rotatable bonds is 8. The van der Waals surface area contributed by atoms with Crippen LogP contribution < -0.4 is 4.72 Å². The first-order valence-electron chi connectivity index (χ1n) is 8.11. The van der Waals surface area contributed by atoms with E-state index < -0.39 is 16.0 Å². The maximum atomic E-state index is 12.1. The Bertz CT molecular complexity index is 1010. The molecule has 3 aromatic rings. The molecule has 1 N–H and O–H groups in total. The third-order valence-electron chi connectivity index (χ3n) is 3.54. The standard InChI is InChI=1S/C18H18N2O5S2/c1-27(22,23)20-10-9-14-7-8-16(26-14)18(21)24-12-17-19-11-15(25-17)13-5-3-2-4-6-13/h2-8,11,20H,9-10,12H2,1H3. The number of aromatic nitrogens is 1. The molecule has 142 valence electrons. The number of carbonyl (C=O) groups excluding carboxylic acids is 1. The Morgan fingerprint density at radius 3 is 2.74 bits per heavy atom. The summed E-state index contributed by atoms with van der Waals surface area (Å²) in [6, 6.07) is 13.0. The second-order valence-corrected chi connectivity index (χ2v) is 8.74. The van der Waals surface area contributed by atoms with Crippen molar-refractivity contribution in [2.24, 2.45) is 0 Å². The molecule has 0 aliphatic carbocycles. The molecule has 0 aliphatic rings. The monoisotopic (exact) mass is 406 g/mol. The van der Waals surface area contributed by atoms with Crippen LogP contribution in [-0.2, 0) is 27.8 Å². The number of esters is 1. The summed E-state index contributed by atoms with van der Waals surface area (Å²) in [7, 11) is -3.22. The van der Waals surface area contributed by atoms with Gasteiger partial charge in [0.05, 0.1) is 12.5 Å². The van der Waals surface area contributed by atoms with Crippen LogP contribution in [0.3, 0.4) is 0 Å². The molecule has 7 nitrogen and oxygen atoms in total. The molecule has 2 aromatic heterocycles. The smallest absolute Gasteiger partial charge is 0.348 e. The molecule has 27 heavy (non-hydrogen) atoms. The number of hydrogen-bond donors (Lipinski definition) is 1. The molecule has 1 aromatic carbocycles. The molecular weight excluding hydrogens is 388 g/mol. The quantitative estimate of drug-likeness (QED) is 0.578. The van der Waals surface area contributed by atoms with Crippen molar-refractivity contribution in [2.75, 3.05) is 12.8 Å². The summed E-state index contributed by atoms with van der Waals surface area (Å²) in [6.45, 7) is 0.223. The summed E-state index contributed by atoms with van der Waals surface area (Å²) in [6.07, 6.45) is 3.21. The van der Waals surface area contributed by atoms with Gasteiger partial charge in [-0.25, -0.2) is 22.9 Å². The highest BCUT2D eigenvalue weighted by molar-refractivity contribution is 7.88. The van der Waals surface area contributed by atoms with Crippen LogP contribution in [0.5, 0.6) is 0 Å². The Labute approximate surface area is 161 Å². The number of oxazole rings is 1. The Morgan fingerprint density at radius 1 is 1.22 bits per heavy atom. The molecule has 0 unspecified atom stereocenters. The third-order valence-corrected chi connectivity index (χ3v) is 5.39. The zero-order valence-corrected chi connectivity index (χ0v) is 16.2. The third kappa shape index (κ3) is 5.75. The van der Waals surface area contributed by atoms with Gasteiger partial charge in [-0.15, -0.1) is 11.3 Å². The Balaban J connectivity index is 1.52. The second-order valence-electron chi connectivity index (χ2n) is 5.74. The fourth-order valence-electron chi connectivity index (χ4n) is 2.29. The molecule has 0 radical (unpaired) electrons. The Hall–Kier alpha value is -2.49. The van der Waals surface area contributed by atoms with Crippen molar-refractivity contribution in [1.29, 1.82) is 0 Å². The molecule has 0 saturated heterocycles. The van der Waals surface area contributed by atoms with E-state index in [0.29, 0.717) is 22.9 Å². The lowest BCUT2D eigenvalue weighted by atomic mass is 10.2. The summed E-state index contributed by atoms with van der Waals surface area (Å²) in [5.41, 5.74) is 0.896. The van der Waals surface area contributed by atoms with E-state index in [9.17, 15) is 13.2 Å². The number of ether oxygens (including phenoxy) is 1. The van der Waals surface area contributed by atoms with Crippen molar-refractivity contribution in [3.63, 3.8) is 0 Å². The SMILES string of the molecule is CS(=O)(=O)NCCc1ccc(C(=O)OCc2ncc(-c3ccccc3)o2)s1. The first-order valence-corrected chi connectivity index (χ1v) is 10.8. The molecule has 0 fully saturated rings. The fraction of sp³-hybridized carbons (Fsp3) is 0.222. The van der Waals surface area contributed by atoms with E-state index in [2.05, 4.69) is 9.71 Å². The molecule has 0 saturated carbocycles. The highest BCUT2D eigenvalue weighted by Crippen LogP contribution is 2.21. The largest absolute Gasteiger partial charge is 0.451 e. The van der Waals surface area contributed by atoms with Gasteiger partial charge >= 0.3 is 5.97 Å². The number of sulfonamides is 1. The number of carbonyl (C=O) groups is 1. The molecule has 2 heterocycles. The van der Waals surface area contributed by atoms with Gasteiger partial charge in [-0.1, -0.05) is 30.3 Å². The van der Waals surface area contributed by atoms with Crippen molar-refractivity contribution >= 4 is 27.3 Å². The van der Waals surface area contributed by atoms with E-state index in [1.165, 1.54) is 11.3 Å². The highest BCUT2D eigenvalue weighted by Gasteiger charge is 2.13. The lowest BCUT2D eigenvalue weighted by molar-refractivity contribution is 0.0444. The van der Waals surface area contributed by atoms with E-state index in [0.717, 1.165) is 16.7 Å².